The van der Waals surface area contributed by atoms with E-state index >= 15 is 0 Å². The molecule has 0 radical (unpaired) electrons. The van der Waals surface area contributed by atoms with E-state index in [1.807, 2.05) is 67.7 Å². The van der Waals surface area contributed by atoms with Gasteiger partial charge in [0.2, 0.25) is 5.91 Å². The molecule has 0 fully saturated rings. The first-order chi connectivity index (χ1) is 13.2. The van der Waals surface area contributed by atoms with E-state index in [2.05, 4.69) is 10.4 Å². The SMILES string of the molecule is CCn1c(=O)n(CC(=O)Nc2cccc(-n3cccn3)c2)c2ccccc21. The molecule has 2 aromatic carbocycles. The number of nitrogens with zero attached hydrogens (tertiary/aromatic N) is 4. The quantitative estimate of drug-likeness (QED) is 0.594. The molecular weight excluding hydrogens is 342 g/mol. The second-order valence-electron chi connectivity index (χ2n) is 6.15. The second-order valence-corrected chi connectivity index (χ2v) is 6.15. The fourth-order valence-electron chi connectivity index (χ4n) is 3.22. The molecule has 0 saturated carbocycles. The Morgan fingerprint density at radius 3 is 2.52 bits per heavy atom. The third-order valence-electron chi connectivity index (χ3n) is 4.44. The van der Waals surface area contributed by atoms with Crippen LogP contribution < -0.4 is 11.0 Å². The summed E-state index contributed by atoms with van der Waals surface area (Å²) in [5.41, 5.74) is 2.90. The lowest BCUT2D eigenvalue weighted by molar-refractivity contribution is -0.116. The fourth-order valence-corrected chi connectivity index (χ4v) is 3.22. The van der Waals surface area contributed by atoms with E-state index < -0.39 is 0 Å². The third-order valence-corrected chi connectivity index (χ3v) is 4.44. The Balaban J connectivity index is 1.59. The number of benzene rings is 2. The van der Waals surface area contributed by atoms with Crippen molar-refractivity contribution in [3.05, 3.63) is 77.5 Å². The van der Waals surface area contributed by atoms with Gasteiger partial charge in [0.05, 0.1) is 16.7 Å². The Bertz CT molecular complexity index is 1150. The standard InChI is InChI=1S/C20H19N5O2/c1-2-23-17-9-3-4-10-18(17)24(20(23)27)14-19(26)22-15-7-5-8-16(13-15)25-12-6-11-21-25/h3-13H,2,14H2,1H3,(H,22,26). The minimum Gasteiger partial charge on any atom is -0.324 e. The molecule has 0 saturated heterocycles. The van der Waals surface area contributed by atoms with Crippen LogP contribution >= 0.6 is 0 Å². The summed E-state index contributed by atoms with van der Waals surface area (Å²) in [7, 11) is 0. The highest BCUT2D eigenvalue weighted by molar-refractivity contribution is 5.91. The Labute approximate surface area is 155 Å². The molecular formula is C20H19N5O2. The molecule has 136 valence electrons. The van der Waals surface area contributed by atoms with E-state index in [1.54, 1.807) is 15.4 Å². The molecule has 7 nitrogen and oxygen atoms in total. The number of aromatic nitrogens is 4. The largest absolute Gasteiger partial charge is 0.329 e. The van der Waals surface area contributed by atoms with Crippen molar-refractivity contribution in [1.29, 1.82) is 0 Å². The summed E-state index contributed by atoms with van der Waals surface area (Å²) in [6.07, 6.45) is 3.53. The van der Waals surface area contributed by atoms with Crippen LogP contribution in [0.4, 0.5) is 5.69 Å². The highest BCUT2D eigenvalue weighted by Gasteiger charge is 2.14. The smallest absolute Gasteiger partial charge is 0.324 e. The van der Waals surface area contributed by atoms with Crippen molar-refractivity contribution in [2.45, 2.75) is 20.0 Å². The number of carbonyl (C=O) groups is 1. The van der Waals surface area contributed by atoms with Gasteiger partial charge in [-0.3, -0.25) is 13.9 Å². The van der Waals surface area contributed by atoms with Crippen molar-refractivity contribution in [2.75, 3.05) is 5.32 Å². The van der Waals surface area contributed by atoms with Crippen LogP contribution in [0.2, 0.25) is 0 Å². The number of rotatable bonds is 5. The van der Waals surface area contributed by atoms with Crippen molar-refractivity contribution in [3.63, 3.8) is 0 Å². The summed E-state index contributed by atoms with van der Waals surface area (Å²) in [5.74, 6) is -0.256. The van der Waals surface area contributed by atoms with Gasteiger partial charge >= 0.3 is 5.69 Å². The van der Waals surface area contributed by atoms with E-state index in [-0.39, 0.29) is 18.1 Å². The number of aryl methyl sites for hydroxylation is 1. The van der Waals surface area contributed by atoms with Crippen molar-refractivity contribution in [1.82, 2.24) is 18.9 Å². The molecule has 2 heterocycles. The molecule has 0 aliphatic rings. The Hall–Kier alpha value is -3.61. The predicted molar refractivity (Wildman–Crippen MR) is 104 cm³/mol. The third kappa shape index (κ3) is 3.15. The normalized spacial score (nSPS) is 11.0. The molecule has 0 spiro atoms. The lowest BCUT2D eigenvalue weighted by Gasteiger charge is -2.08. The van der Waals surface area contributed by atoms with Gasteiger partial charge in [0.1, 0.15) is 6.54 Å². The Kier molecular flexibility index (Phi) is 4.33. The predicted octanol–water partition coefficient (Wildman–Crippen LogP) is 2.65. The van der Waals surface area contributed by atoms with Crippen LogP contribution in [0, 0.1) is 0 Å². The minimum absolute atomic E-state index is 0.0433. The lowest BCUT2D eigenvalue weighted by Crippen LogP contribution is -2.29. The van der Waals surface area contributed by atoms with Crippen LogP contribution in [0.1, 0.15) is 6.92 Å². The van der Waals surface area contributed by atoms with Gasteiger partial charge < -0.3 is 5.32 Å². The number of carbonyl (C=O) groups excluding carboxylic acids is 1. The van der Waals surface area contributed by atoms with Crippen LogP contribution in [-0.2, 0) is 17.9 Å². The van der Waals surface area contributed by atoms with Crippen LogP contribution in [0.15, 0.2) is 71.8 Å². The molecule has 0 unspecified atom stereocenters. The number of anilines is 1. The summed E-state index contributed by atoms with van der Waals surface area (Å²) in [4.78, 5) is 25.2. The summed E-state index contributed by atoms with van der Waals surface area (Å²) in [5, 5.41) is 7.05. The average molecular weight is 361 g/mol. The minimum atomic E-state index is -0.256. The zero-order valence-electron chi connectivity index (χ0n) is 14.9. The van der Waals surface area contributed by atoms with Crippen LogP contribution in [0.25, 0.3) is 16.7 Å². The van der Waals surface area contributed by atoms with E-state index in [1.165, 1.54) is 4.57 Å². The monoisotopic (exact) mass is 361 g/mol. The van der Waals surface area contributed by atoms with Gasteiger partial charge in [-0.15, -0.1) is 0 Å². The first-order valence-electron chi connectivity index (χ1n) is 8.75. The summed E-state index contributed by atoms with van der Waals surface area (Å²) >= 11 is 0. The van der Waals surface area contributed by atoms with Gasteiger partial charge in [-0.25, -0.2) is 9.48 Å². The molecule has 2 aromatic heterocycles. The van der Waals surface area contributed by atoms with Crippen molar-refractivity contribution < 1.29 is 4.79 Å². The average Bonchev–Trinajstić information content (AvgIpc) is 3.30. The number of fused-ring (bicyclic) bond motifs is 1. The molecule has 4 rings (SSSR count). The van der Waals surface area contributed by atoms with E-state index in [0.29, 0.717) is 12.2 Å². The maximum Gasteiger partial charge on any atom is 0.329 e. The molecule has 0 atom stereocenters. The zero-order chi connectivity index (χ0) is 18.8. The van der Waals surface area contributed by atoms with Crippen molar-refractivity contribution in [3.8, 4) is 5.69 Å². The highest BCUT2D eigenvalue weighted by Crippen LogP contribution is 2.15. The Morgan fingerprint density at radius 2 is 1.81 bits per heavy atom. The zero-order valence-corrected chi connectivity index (χ0v) is 14.9. The van der Waals surface area contributed by atoms with Gasteiger partial charge in [0.15, 0.2) is 0 Å². The van der Waals surface area contributed by atoms with Gasteiger partial charge in [-0.1, -0.05) is 18.2 Å². The van der Waals surface area contributed by atoms with E-state index in [0.717, 1.165) is 16.7 Å². The van der Waals surface area contributed by atoms with Gasteiger partial charge in [-0.2, -0.15) is 5.10 Å². The van der Waals surface area contributed by atoms with Crippen LogP contribution in [0.3, 0.4) is 0 Å². The highest BCUT2D eigenvalue weighted by atomic mass is 16.2. The van der Waals surface area contributed by atoms with Crippen molar-refractivity contribution in [2.24, 2.45) is 0 Å². The maximum atomic E-state index is 12.7. The van der Waals surface area contributed by atoms with Crippen LogP contribution in [0.5, 0.6) is 0 Å². The number of para-hydroxylation sites is 2. The molecule has 27 heavy (non-hydrogen) atoms. The summed E-state index contributed by atoms with van der Waals surface area (Å²) in [6, 6.07) is 16.7. The van der Waals surface area contributed by atoms with Crippen LogP contribution in [-0.4, -0.2) is 24.8 Å². The number of hydrogen-bond acceptors (Lipinski definition) is 3. The number of amides is 1. The van der Waals surface area contributed by atoms with Gasteiger partial charge in [-0.05, 0) is 43.3 Å². The topological polar surface area (TPSA) is 73.8 Å². The number of imidazole rings is 1. The molecule has 4 aromatic rings. The second kappa shape index (κ2) is 6.95. The number of hydrogen-bond donors (Lipinski definition) is 1. The maximum absolute atomic E-state index is 12.7. The van der Waals surface area contributed by atoms with E-state index in [4.69, 9.17) is 0 Å². The molecule has 0 aliphatic heterocycles. The Morgan fingerprint density at radius 1 is 1.04 bits per heavy atom. The van der Waals surface area contributed by atoms with E-state index in [9.17, 15) is 9.59 Å². The molecule has 0 aliphatic carbocycles. The van der Waals surface area contributed by atoms with Crippen molar-refractivity contribution >= 4 is 22.6 Å². The molecule has 7 heteroatoms. The lowest BCUT2D eigenvalue weighted by atomic mass is 10.2. The summed E-state index contributed by atoms with van der Waals surface area (Å²) < 4.78 is 4.89. The van der Waals surface area contributed by atoms with Gasteiger partial charge in [0, 0.05) is 24.6 Å². The fraction of sp³-hybridized carbons (Fsp3) is 0.150. The molecule has 0 bridgehead atoms. The first kappa shape index (κ1) is 16.8. The van der Waals surface area contributed by atoms with Gasteiger partial charge in [0.25, 0.3) is 0 Å². The first-order valence-corrected chi connectivity index (χ1v) is 8.75. The summed E-state index contributed by atoms with van der Waals surface area (Å²) in [6.45, 7) is 2.43. The number of nitrogens with one attached hydrogen (secondary N) is 1. The molecule has 1 amide bonds. The molecule has 1 N–H and O–H groups in total.